The second kappa shape index (κ2) is 5.76. The number of fused-ring (bicyclic) bond motifs is 1. The summed E-state index contributed by atoms with van der Waals surface area (Å²) in [4.78, 5) is 18.2. The maximum absolute atomic E-state index is 14.0. The number of hydrogen-bond acceptors (Lipinski definition) is 4. The van der Waals surface area contributed by atoms with Crippen LogP contribution >= 0.6 is 15.9 Å². The van der Waals surface area contributed by atoms with Crippen LogP contribution in [-0.2, 0) is 0 Å². The molecule has 0 aliphatic heterocycles. The SMILES string of the molecule is COc1ccc2[nH]c(=O)nc(Nc3ccc(Br)cc3F)c2c1. The summed E-state index contributed by atoms with van der Waals surface area (Å²) in [5.74, 6) is 0.423. The first-order valence-corrected chi connectivity index (χ1v) is 7.16. The number of rotatable bonds is 3. The summed E-state index contributed by atoms with van der Waals surface area (Å²) < 4.78 is 19.7. The van der Waals surface area contributed by atoms with Crippen LogP contribution in [0.15, 0.2) is 45.7 Å². The van der Waals surface area contributed by atoms with Crippen molar-refractivity contribution in [2.24, 2.45) is 0 Å². The summed E-state index contributed by atoms with van der Waals surface area (Å²) in [5, 5.41) is 3.48. The van der Waals surface area contributed by atoms with Crippen molar-refractivity contribution in [2.45, 2.75) is 0 Å². The lowest BCUT2D eigenvalue weighted by atomic mass is 10.2. The zero-order valence-corrected chi connectivity index (χ0v) is 13.1. The third-order valence-electron chi connectivity index (χ3n) is 3.12. The maximum atomic E-state index is 14.0. The first-order valence-electron chi connectivity index (χ1n) is 6.37. The fourth-order valence-electron chi connectivity index (χ4n) is 2.07. The molecule has 2 N–H and O–H groups in total. The van der Waals surface area contributed by atoms with Gasteiger partial charge >= 0.3 is 5.69 Å². The Labute approximate surface area is 133 Å². The number of nitrogens with zero attached hydrogens (tertiary/aromatic N) is 1. The molecule has 0 atom stereocenters. The number of H-pyrrole nitrogens is 1. The van der Waals surface area contributed by atoms with Gasteiger partial charge in [0.15, 0.2) is 0 Å². The van der Waals surface area contributed by atoms with Gasteiger partial charge in [0.1, 0.15) is 17.4 Å². The van der Waals surface area contributed by atoms with Crippen molar-refractivity contribution in [2.75, 3.05) is 12.4 Å². The lowest BCUT2D eigenvalue weighted by Crippen LogP contribution is -2.13. The minimum absolute atomic E-state index is 0.227. The molecule has 0 spiro atoms. The van der Waals surface area contributed by atoms with Crippen molar-refractivity contribution in [1.29, 1.82) is 0 Å². The van der Waals surface area contributed by atoms with Crippen LogP contribution in [0, 0.1) is 5.82 Å². The smallest absolute Gasteiger partial charge is 0.347 e. The number of aromatic nitrogens is 2. The van der Waals surface area contributed by atoms with Gasteiger partial charge in [0.25, 0.3) is 0 Å². The van der Waals surface area contributed by atoms with Gasteiger partial charge in [0.05, 0.1) is 18.3 Å². The Balaban J connectivity index is 2.14. The van der Waals surface area contributed by atoms with Crippen LogP contribution in [0.5, 0.6) is 5.75 Å². The molecule has 7 heteroatoms. The number of ether oxygens (including phenoxy) is 1. The Hall–Kier alpha value is -2.41. The van der Waals surface area contributed by atoms with E-state index in [9.17, 15) is 9.18 Å². The molecular weight excluding hydrogens is 353 g/mol. The van der Waals surface area contributed by atoms with E-state index in [0.29, 0.717) is 21.1 Å². The summed E-state index contributed by atoms with van der Waals surface area (Å²) in [5.41, 5.74) is 0.295. The quantitative estimate of drug-likeness (QED) is 0.746. The molecule has 22 heavy (non-hydrogen) atoms. The van der Waals surface area contributed by atoms with Crippen molar-refractivity contribution in [1.82, 2.24) is 9.97 Å². The number of aromatic amines is 1. The standard InChI is InChI=1S/C15H11BrFN3O2/c1-22-9-3-5-12-10(7-9)14(20-15(21)19-12)18-13-4-2-8(16)6-11(13)17/h2-7H,1H3,(H2,18,19,20,21). The van der Waals surface area contributed by atoms with Crippen LogP contribution in [0.1, 0.15) is 0 Å². The Bertz CT molecular complexity index is 911. The summed E-state index contributed by atoms with van der Waals surface area (Å²) in [7, 11) is 1.54. The average molecular weight is 364 g/mol. The van der Waals surface area contributed by atoms with Crippen molar-refractivity contribution < 1.29 is 9.13 Å². The molecule has 1 heterocycles. The van der Waals surface area contributed by atoms with Crippen molar-refractivity contribution >= 4 is 38.3 Å². The van der Waals surface area contributed by atoms with E-state index in [2.05, 4.69) is 31.2 Å². The van der Waals surface area contributed by atoms with E-state index in [1.54, 1.807) is 37.4 Å². The van der Waals surface area contributed by atoms with Crippen LogP contribution in [-0.4, -0.2) is 17.1 Å². The Morgan fingerprint density at radius 1 is 1.27 bits per heavy atom. The Kier molecular flexibility index (Phi) is 3.81. The van der Waals surface area contributed by atoms with Gasteiger partial charge in [-0.05, 0) is 36.4 Å². The van der Waals surface area contributed by atoms with E-state index in [1.165, 1.54) is 6.07 Å². The van der Waals surface area contributed by atoms with E-state index in [-0.39, 0.29) is 11.5 Å². The summed E-state index contributed by atoms with van der Waals surface area (Å²) >= 11 is 3.20. The molecule has 0 fully saturated rings. The molecule has 1 aromatic heterocycles. The largest absolute Gasteiger partial charge is 0.497 e. The van der Waals surface area contributed by atoms with Gasteiger partial charge in [-0.15, -0.1) is 0 Å². The van der Waals surface area contributed by atoms with Gasteiger partial charge in [-0.25, -0.2) is 9.18 Å². The van der Waals surface area contributed by atoms with Crippen molar-refractivity contribution in [3.63, 3.8) is 0 Å². The van der Waals surface area contributed by atoms with Crippen LogP contribution in [0.3, 0.4) is 0 Å². The number of anilines is 2. The summed E-state index contributed by atoms with van der Waals surface area (Å²) in [6.45, 7) is 0. The second-order valence-corrected chi connectivity index (χ2v) is 5.47. The molecule has 5 nitrogen and oxygen atoms in total. The predicted octanol–water partition coefficient (Wildman–Crippen LogP) is 3.58. The van der Waals surface area contributed by atoms with Crippen LogP contribution in [0.25, 0.3) is 10.9 Å². The molecule has 112 valence electrons. The molecule has 2 aromatic carbocycles. The van der Waals surface area contributed by atoms with Gasteiger partial charge in [0.2, 0.25) is 0 Å². The van der Waals surface area contributed by atoms with Gasteiger partial charge < -0.3 is 15.0 Å². The van der Waals surface area contributed by atoms with Crippen LogP contribution < -0.4 is 15.7 Å². The topological polar surface area (TPSA) is 67.0 Å². The Morgan fingerprint density at radius 2 is 2.09 bits per heavy atom. The highest BCUT2D eigenvalue weighted by atomic mass is 79.9. The van der Waals surface area contributed by atoms with E-state index >= 15 is 0 Å². The van der Waals surface area contributed by atoms with E-state index in [4.69, 9.17) is 4.74 Å². The lowest BCUT2D eigenvalue weighted by Gasteiger charge is -2.10. The first-order chi connectivity index (χ1) is 10.6. The van der Waals surface area contributed by atoms with E-state index in [1.807, 2.05) is 0 Å². The number of methoxy groups -OCH3 is 1. The molecule has 0 saturated carbocycles. The Morgan fingerprint density at radius 3 is 2.82 bits per heavy atom. The maximum Gasteiger partial charge on any atom is 0.347 e. The van der Waals surface area contributed by atoms with Gasteiger partial charge in [-0.1, -0.05) is 15.9 Å². The van der Waals surface area contributed by atoms with E-state index < -0.39 is 11.5 Å². The van der Waals surface area contributed by atoms with E-state index in [0.717, 1.165) is 0 Å². The fourth-order valence-corrected chi connectivity index (χ4v) is 2.41. The van der Waals surface area contributed by atoms with Crippen molar-refractivity contribution in [3.05, 3.63) is 57.2 Å². The predicted molar refractivity (Wildman–Crippen MR) is 86.3 cm³/mol. The van der Waals surface area contributed by atoms with Gasteiger partial charge in [-0.2, -0.15) is 4.98 Å². The van der Waals surface area contributed by atoms with Crippen LogP contribution in [0.4, 0.5) is 15.9 Å². The monoisotopic (exact) mass is 363 g/mol. The molecule has 3 rings (SSSR count). The summed E-state index contributed by atoms with van der Waals surface area (Å²) in [6, 6.07) is 9.74. The minimum Gasteiger partial charge on any atom is -0.497 e. The minimum atomic E-state index is -0.516. The molecular formula is C15H11BrFN3O2. The van der Waals surface area contributed by atoms with Gasteiger partial charge in [0, 0.05) is 9.86 Å². The molecule has 0 unspecified atom stereocenters. The third kappa shape index (κ3) is 2.80. The molecule has 0 aliphatic rings. The lowest BCUT2D eigenvalue weighted by molar-refractivity contribution is 0.415. The summed E-state index contributed by atoms with van der Waals surface area (Å²) in [6.07, 6.45) is 0. The first kappa shape index (κ1) is 14.5. The zero-order valence-electron chi connectivity index (χ0n) is 11.5. The molecule has 0 amide bonds. The highest BCUT2D eigenvalue weighted by Gasteiger charge is 2.10. The zero-order chi connectivity index (χ0) is 15.7. The number of halogens is 2. The average Bonchev–Trinajstić information content (AvgIpc) is 2.49. The highest BCUT2D eigenvalue weighted by Crippen LogP contribution is 2.27. The molecule has 0 bridgehead atoms. The number of hydrogen-bond donors (Lipinski definition) is 2. The second-order valence-electron chi connectivity index (χ2n) is 4.55. The third-order valence-corrected chi connectivity index (χ3v) is 3.61. The molecule has 3 aromatic rings. The normalized spacial score (nSPS) is 10.7. The van der Waals surface area contributed by atoms with Crippen LogP contribution in [0.2, 0.25) is 0 Å². The van der Waals surface area contributed by atoms with Gasteiger partial charge in [-0.3, -0.25) is 0 Å². The molecule has 0 aliphatic carbocycles. The molecule has 0 radical (unpaired) electrons. The number of nitrogens with one attached hydrogen (secondary N) is 2. The highest BCUT2D eigenvalue weighted by molar-refractivity contribution is 9.10. The molecule has 0 saturated heterocycles. The number of benzene rings is 2. The fraction of sp³-hybridized carbons (Fsp3) is 0.0667. The van der Waals surface area contributed by atoms with Crippen molar-refractivity contribution in [3.8, 4) is 5.75 Å².